The van der Waals surface area contributed by atoms with Gasteiger partial charge in [-0.2, -0.15) is 0 Å². The Kier molecular flexibility index (Phi) is 5.12. The summed E-state index contributed by atoms with van der Waals surface area (Å²) in [4.78, 5) is 11.3. The predicted octanol–water partition coefficient (Wildman–Crippen LogP) is 1.29. The number of nitrogens with one attached hydrogen (secondary N) is 1. The molecule has 0 unspecified atom stereocenters. The van der Waals surface area contributed by atoms with E-state index in [1.807, 2.05) is 6.92 Å². The van der Waals surface area contributed by atoms with Crippen LogP contribution in [0, 0.1) is 0 Å². The van der Waals surface area contributed by atoms with Crippen molar-refractivity contribution in [3.63, 3.8) is 0 Å². The molecule has 10 heavy (non-hydrogen) atoms. The molecule has 1 amide bonds. The molecule has 0 fully saturated rings. The van der Waals surface area contributed by atoms with Crippen LogP contribution < -0.4 is 5.32 Å². The van der Waals surface area contributed by atoms with Gasteiger partial charge in [-0.15, -0.1) is 0 Å². The van der Waals surface area contributed by atoms with Gasteiger partial charge in [-0.3, -0.25) is 4.79 Å². The Morgan fingerprint density at radius 3 is 2.50 bits per heavy atom. The van der Waals surface area contributed by atoms with E-state index in [2.05, 4.69) is 5.32 Å². The Morgan fingerprint density at radius 1 is 1.50 bits per heavy atom. The molecule has 0 saturated carbocycles. The number of thiocarbonyl (C=S) groups is 1. The molecule has 0 aromatic rings. The number of amides is 1. The van der Waals surface area contributed by atoms with Gasteiger partial charge in [-0.05, 0) is 24.6 Å². The van der Waals surface area contributed by atoms with Gasteiger partial charge in [-0.1, -0.05) is 12.2 Å². The van der Waals surface area contributed by atoms with Gasteiger partial charge in [0, 0.05) is 13.5 Å². The van der Waals surface area contributed by atoms with Gasteiger partial charge in [0.2, 0.25) is 5.91 Å². The SMILES string of the molecule is CC(=O)NCCCC(C)=S. The van der Waals surface area contributed by atoms with Gasteiger partial charge in [0.1, 0.15) is 0 Å². The first-order chi connectivity index (χ1) is 4.63. The van der Waals surface area contributed by atoms with Gasteiger partial charge in [-0.25, -0.2) is 0 Å². The van der Waals surface area contributed by atoms with Gasteiger partial charge >= 0.3 is 0 Å². The van der Waals surface area contributed by atoms with Crippen LogP contribution in [0.15, 0.2) is 0 Å². The summed E-state index contributed by atoms with van der Waals surface area (Å²) >= 11 is 4.86. The fourth-order valence-electron chi connectivity index (χ4n) is 0.602. The van der Waals surface area contributed by atoms with Crippen LogP contribution in [0.4, 0.5) is 0 Å². The summed E-state index contributed by atoms with van der Waals surface area (Å²) in [5.74, 6) is 0.0296. The van der Waals surface area contributed by atoms with E-state index >= 15 is 0 Å². The summed E-state index contributed by atoms with van der Waals surface area (Å²) in [7, 11) is 0. The molecule has 0 radical (unpaired) electrons. The van der Waals surface area contributed by atoms with E-state index in [1.165, 1.54) is 6.92 Å². The standard InChI is InChI=1S/C7H13NOS/c1-6(10)4-3-5-8-7(2)9/h3-5H2,1-2H3,(H,8,9). The third-order valence-corrected chi connectivity index (χ3v) is 1.28. The zero-order valence-corrected chi connectivity index (χ0v) is 7.25. The maximum Gasteiger partial charge on any atom is 0.216 e. The Bertz CT molecular complexity index is 118. The van der Waals surface area contributed by atoms with Crippen LogP contribution in [0.25, 0.3) is 0 Å². The second-order valence-electron chi connectivity index (χ2n) is 2.29. The highest BCUT2D eigenvalue weighted by atomic mass is 32.1. The lowest BCUT2D eigenvalue weighted by Crippen LogP contribution is -2.21. The van der Waals surface area contributed by atoms with Crippen molar-refractivity contribution >= 4 is 23.0 Å². The summed E-state index contributed by atoms with van der Waals surface area (Å²) in [6.07, 6.45) is 1.88. The summed E-state index contributed by atoms with van der Waals surface area (Å²) in [5.41, 5.74) is 0. The van der Waals surface area contributed by atoms with Crippen LogP contribution in [-0.2, 0) is 4.79 Å². The number of carbonyl (C=O) groups is 1. The second kappa shape index (κ2) is 5.35. The number of hydrogen-bond donors (Lipinski definition) is 1. The first kappa shape index (κ1) is 9.56. The van der Waals surface area contributed by atoms with Crippen molar-refractivity contribution in [2.24, 2.45) is 0 Å². The van der Waals surface area contributed by atoms with E-state index in [0.717, 1.165) is 24.3 Å². The first-order valence-corrected chi connectivity index (χ1v) is 3.77. The van der Waals surface area contributed by atoms with E-state index in [1.54, 1.807) is 0 Å². The molecule has 1 N–H and O–H groups in total. The lowest BCUT2D eigenvalue weighted by Gasteiger charge is -1.99. The molecule has 0 aromatic carbocycles. The predicted molar refractivity (Wildman–Crippen MR) is 46.2 cm³/mol. The van der Waals surface area contributed by atoms with E-state index in [-0.39, 0.29) is 5.91 Å². The molecule has 0 aliphatic carbocycles. The zero-order chi connectivity index (χ0) is 7.98. The Morgan fingerprint density at radius 2 is 2.10 bits per heavy atom. The molecular weight excluding hydrogens is 146 g/mol. The van der Waals surface area contributed by atoms with Gasteiger partial charge in [0.05, 0.1) is 0 Å². The van der Waals surface area contributed by atoms with Gasteiger partial charge in [0.15, 0.2) is 0 Å². The minimum atomic E-state index is 0.0296. The van der Waals surface area contributed by atoms with Crippen LogP contribution in [0.1, 0.15) is 26.7 Å². The van der Waals surface area contributed by atoms with Crippen LogP contribution in [0.2, 0.25) is 0 Å². The van der Waals surface area contributed by atoms with Crippen LogP contribution in [0.5, 0.6) is 0 Å². The highest BCUT2D eigenvalue weighted by Gasteiger charge is 1.91. The molecule has 0 atom stereocenters. The molecule has 3 heteroatoms. The highest BCUT2D eigenvalue weighted by Crippen LogP contribution is 1.89. The van der Waals surface area contributed by atoms with Gasteiger partial charge < -0.3 is 5.32 Å². The van der Waals surface area contributed by atoms with Crippen LogP contribution >= 0.6 is 12.2 Å². The normalized spacial score (nSPS) is 9.00. The monoisotopic (exact) mass is 159 g/mol. The number of hydrogen-bond acceptors (Lipinski definition) is 2. The maximum absolute atomic E-state index is 10.3. The zero-order valence-electron chi connectivity index (χ0n) is 6.44. The maximum atomic E-state index is 10.3. The molecule has 0 saturated heterocycles. The van der Waals surface area contributed by atoms with E-state index in [0.29, 0.717) is 0 Å². The Hall–Kier alpha value is -0.440. The Balaban J connectivity index is 3.06. The summed E-state index contributed by atoms with van der Waals surface area (Å²) < 4.78 is 0. The minimum Gasteiger partial charge on any atom is -0.356 e. The van der Waals surface area contributed by atoms with Crippen molar-refractivity contribution in [3.05, 3.63) is 0 Å². The molecule has 0 rings (SSSR count). The summed E-state index contributed by atoms with van der Waals surface area (Å²) in [6, 6.07) is 0. The third-order valence-electron chi connectivity index (χ3n) is 1.08. The minimum absolute atomic E-state index is 0.0296. The second-order valence-corrected chi connectivity index (χ2v) is 2.99. The molecule has 2 nitrogen and oxygen atoms in total. The van der Waals surface area contributed by atoms with Crippen molar-refractivity contribution < 1.29 is 4.79 Å². The molecule has 0 heterocycles. The molecule has 0 aliphatic rings. The molecule has 0 aliphatic heterocycles. The third kappa shape index (κ3) is 7.56. The average Bonchev–Trinajstić information content (AvgIpc) is 1.79. The molecule has 0 bridgehead atoms. The lowest BCUT2D eigenvalue weighted by molar-refractivity contribution is -0.118. The lowest BCUT2D eigenvalue weighted by atomic mass is 10.2. The van der Waals surface area contributed by atoms with Crippen LogP contribution in [-0.4, -0.2) is 17.3 Å². The average molecular weight is 159 g/mol. The van der Waals surface area contributed by atoms with Crippen molar-refractivity contribution in [1.29, 1.82) is 0 Å². The fourth-order valence-corrected chi connectivity index (χ4v) is 0.746. The molecule has 0 aromatic heterocycles. The van der Waals surface area contributed by atoms with Gasteiger partial charge in [0.25, 0.3) is 0 Å². The number of rotatable bonds is 4. The molecule has 0 spiro atoms. The smallest absolute Gasteiger partial charge is 0.216 e. The summed E-state index contributed by atoms with van der Waals surface area (Å²) in [5, 5.41) is 2.70. The van der Waals surface area contributed by atoms with E-state index in [4.69, 9.17) is 12.2 Å². The van der Waals surface area contributed by atoms with Crippen molar-refractivity contribution in [2.75, 3.05) is 6.54 Å². The van der Waals surface area contributed by atoms with Crippen molar-refractivity contribution in [3.8, 4) is 0 Å². The van der Waals surface area contributed by atoms with E-state index < -0.39 is 0 Å². The largest absolute Gasteiger partial charge is 0.356 e. The Labute approximate surface area is 67.0 Å². The quantitative estimate of drug-likeness (QED) is 0.494. The van der Waals surface area contributed by atoms with Crippen molar-refractivity contribution in [2.45, 2.75) is 26.7 Å². The number of carbonyl (C=O) groups excluding carboxylic acids is 1. The first-order valence-electron chi connectivity index (χ1n) is 3.37. The molecular formula is C7H13NOS. The molecule has 58 valence electrons. The topological polar surface area (TPSA) is 29.1 Å². The highest BCUT2D eigenvalue weighted by molar-refractivity contribution is 7.80. The van der Waals surface area contributed by atoms with Crippen molar-refractivity contribution in [1.82, 2.24) is 5.32 Å². The van der Waals surface area contributed by atoms with E-state index in [9.17, 15) is 4.79 Å². The summed E-state index contributed by atoms with van der Waals surface area (Å²) in [6.45, 7) is 4.18. The fraction of sp³-hybridized carbons (Fsp3) is 0.714. The van der Waals surface area contributed by atoms with Crippen LogP contribution in [0.3, 0.4) is 0 Å².